The summed E-state index contributed by atoms with van der Waals surface area (Å²) in [6.07, 6.45) is 0.759. The van der Waals surface area contributed by atoms with E-state index in [9.17, 15) is 4.79 Å². The van der Waals surface area contributed by atoms with E-state index in [0.29, 0.717) is 12.5 Å². The Bertz CT molecular complexity index is 495. The lowest BCUT2D eigenvalue weighted by Gasteiger charge is -2.37. The van der Waals surface area contributed by atoms with Crippen LogP contribution in [-0.2, 0) is 9.53 Å². The van der Waals surface area contributed by atoms with Gasteiger partial charge in [0, 0.05) is 44.2 Å². The topological polar surface area (TPSA) is 58.8 Å². The number of hydrogen-bond acceptors (Lipinski definition) is 4. The van der Waals surface area contributed by atoms with Gasteiger partial charge in [0.2, 0.25) is 0 Å². The first-order chi connectivity index (χ1) is 10.1. The normalized spacial score (nSPS) is 26.1. The van der Waals surface area contributed by atoms with Gasteiger partial charge in [-0.3, -0.25) is 4.79 Å². The fourth-order valence-electron chi connectivity index (χ4n) is 3.06. The van der Waals surface area contributed by atoms with Gasteiger partial charge in [-0.15, -0.1) is 0 Å². The Kier molecular flexibility index (Phi) is 4.01. The van der Waals surface area contributed by atoms with Gasteiger partial charge in [0.25, 0.3) is 5.91 Å². The summed E-state index contributed by atoms with van der Waals surface area (Å²) in [6, 6.07) is 7.91. The fourth-order valence-corrected chi connectivity index (χ4v) is 3.06. The monoisotopic (exact) mass is 289 g/mol. The minimum atomic E-state index is -0.229. The summed E-state index contributed by atoms with van der Waals surface area (Å²) >= 11 is 0. The number of carbonyl (C=O) groups is 1. The number of ether oxygens (including phenoxy) is 1. The lowest BCUT2D eigenvalue weighted by molar-refractivity contribution is -0.142. The van der Waals surface area contributed by atoms with Gasteiger partial charge < -0.3 is 20.3 Å². The maximum Gasteiger partial charge on any atom is 0.252 e. The molecular formula is C16H23N3O2. The van der Waals surface area contributed by atoms with Crippen LogP contribution < -0.4 is 10.6 Å². The molecule has 1 aromatic carbocycles. The highest BCUT2D eigenvalue weighted by atomic mass is 16.5. The van der Waals surface area contributed by atoms with E-state index in [-0.39, 0.29) is 12.0 Å². The van der Waals surface area contributed by atoms with E-state index in [1.54, 1.807) is 0 Å². The van der Waals surface area contributed by atoms with Crippen LogP contribution in [0.1, 0.15) is 13.3 Å². The van der Waals surface area contributed by atoms with Gasteiger partial charge in [-0.1, -0.05) is 6.92 Å². The summed E-state index contributed by atoms with van der Waals surface area (Å²) in [6.45, 7) is 6.04. The number of amides is 1. The Morgan fingerprint density at radius 3 is 2.43 bits per heavy atom. The van der Waals surface area contributed by atoms with Crippen molar-refractivity contribution in [2.24, 2.45) is 5.92 Å². The summed E-state index contributed by atoms with van der Waals surface area (Å²) < 4.78 is 5.59. The molecule has 3 rings (SSSR count). The van der Waals surface area contributed by atoms with Crippen molar-refractivity contribution in [3.63, 3.8) is 0 Å². The van der Waals surface area contributed by atoms with E-state index < -0.39 is 0 Å². The van der Waals surface area contributed by atoms with Crippen molar-refractivity contribution < 1.29 is 9.53 Å². The maximum atomic E-state index is 12.5. The Labute approximate surface area is 125 Å². The van der Waals surface area contributed by atoms with Crippen LogP contribution in [0.5, 0.6) is 0 Å². The summed E-state index contributed by atoms with van der Waals surface area (Å²) in [5.41, 5.74) is 7.66. The third-order valence-electron chi connectivity index (χ3n) is 4.48. The van der Waals surface area contributed by atoms with Gasteiger partial charge in [0.1, 0.15) is 6.10 Å². The molecule has 21 heavy (non-hydrogen) atoms. The molecule has 2 saturated heterocycles. The Morgan fingerprint density at radius 1 is 1.19 bits per heavy atom. The molecule has 0 saturated carbocycles. The van der Waals surface area contributed by atoms with E-state index in [2.05, 4.69) is 11.8 Å². The average molecular weight is 289 g/mol. The van der Waals surface area contributed by atoms with Crippen LogP contribution in [0, 0.1) is 5.92 Å². The average Bonchev–Trinajstić information content (AvgIpc) is 2.94. The first-order valence-corrected chi connectivity index (χ1v) is 7.66. The van der Waals surface area contributed by atoms with Crippen LogP contribution in [0.4, 0.5) is 11.4 Å². The highest BCUT2D eigenvalue weighted by Crippen LogP contribution is 2.23. The molecule has 1 amide bonds. The molecule has 2 fully saturated rings. The lowest BCUT2D eigenvalue weighted by atomic mass is 10.0. The standard InChI is InChI=1S/C16H23N3O2/c1-12-6-11-21-15(12)16(20)19-9-7-18(8-10-19)14-4-2-13(17)3-5-14/h2-5,12,15H,6-11,17H2,1H3. The van der Waals surface area contributed by atoms with Gasteiger partial charge >= 0.3 is 0 Å². The molecule has 0 radical (unpaired) electrons. The van der Waals surface area contributed by atoms with E-state index >= 15 is 0 Å². The second-order valence-corrected chi connectivity index (χ2v) is 5.96. The molecule has 0 aliphatic carbocycles. The van der Waals surface area contributed by atoms with Crippen LogP contribution in [0.2, 0.25) is 0 Å². The molecule has 2 N–H and O–H groups in total. The number of nitrogens with two attached hydrogens (primary N) is 1. The Morgan fingerprint density at radius 2 is 1.86 bits per heavy atom. The minimum absolute atomic E-state index is 0.164. The van der Waals surface area contributed by atoms with Crippen LogP contribution in [0.15, 0.2) is 24.3 Å². The first kappa shape index (κ1) is 14.2. The van der Waals surface area contributed by atoms with Crippen molar-refractivity contribution in [3.8, 4) is 0 Å². The number of rotatable bonds is 2. The second kappa shape index (κ2) is 5.93. The van der Waals surface area contributed by atoms with Crippen molar-refractivity contribution in [1.29, 1.82) is 0 Å². The molecule has 2 heterocycles. The molecular weight excluding hydrogens is 266 g/mol. The van der Waals surface area contributed by atoms with E-state index in [1.165, 1.54) is 5.69 Å². The SMILES string of the molecule is CC1CCOC1C(=O)N1CCN(c2ccc(N)cc2)CC1. The number of benzene rings is 1. The lowest BCUT2D eigenvalue weighted by Crippen LogP contribution is -2.52. The summed E-state index contributed by atoms with van der Waals surface area (Å²) in [5, 5.41) is 0. The molecule has 0 spiro atoms. The van der Waals surface area contributed by atoms with Gasteiger partial charge in [0.15, 0.2) is 0 Å². The van der Waals surface area contributed by atoms with Crippen LogP contribution in [0.3, 0.4) is 0 Å². The smallest absolute Gasteiger partial charge is 0.252 e. The molecule has 5 heteroatoms. The molecule has 2 aliphatic rings. The molecule has 114 valence electrons. The number of hydrogen-bond donors (Lipinski definition) is 1. The Balaban J connectivity index is 1.57. The maximum absolute atomic E-state index is 12.5. The van der Waals surface area contributed by atoms with Crippen LogP contribution >= 0.6 is 0 Å². The largest absolute Gasteiger partial charge is 0.399 e. The first-order valence-electron chi connectivity index (χ1n) is 7.66. The van der Waals surface area contributed by atoms with Gasteiger partial charge in [-0.2, -0.15) is 0 Å². The van der Waals surface area contributed by atoms with Crippen molar-refractivity contribution >= 4 is 17.3 Å². The summed E-state index contributed by atoms with van der Waals surface area (Å²) in [4.78, 5) is 16.7. The zero-order chi connectivity index (χ0) is 14.8. The van der Waals surface area contributed by atoms with Crippen LogP contribution in [0.25, 0.3) is 0 Å². The van der Waals surface area contributed by atoms with Crippen molar-refractivity contribution in [2.75, 3.05) is 43.4 Å². The second-order valence-electron chi connectivity index (χ2n) is 5.96. The van der Waals surface area contributed by atoms with Gasteiger partial charge in [0.05, 0.1) is 0 Å². The molecule has 1 aromatic rings. The van der Waals surface area contributed by atoms with Crippen molar-refractivity contribution in [3.05, 3.63) is 24.3 Å². The predicted molar refractivity (Wildman–Crippen MR) is 83.2 cm³/mol. The molecule has 5 nitrogen and oxygen atoms in total. The predicted octanol–water partition coefficient (Wildman–Crippen LogP) is 1.34. The fraction of sp³-hybridized carbons (Fsp3) is 0.562. The molecule has 2 aliphatic heterocycles. The molecule has 2 atom stereocenters. The number of carbonyl (C=O) groups excluding carboxylic acids is 1. The number of anilines is 2. The van der Waals surface area contributed by atoms with E-state index in [1.807, 2.05) is 29.2 Å². The zero-order valence-corrected chi connectivity index (χ0v) is 12.5. The van der Waals surface area contributed by atoms with E-state index in [4.69, 9.17) is 10.5 Å². The Hall–Kier alpha value is -1.75. The van der Waals surface area contributed by atoms with Gasteiger partial charge in [-0.05, 0) is 36.6 Å². The summed E-state index contributed by atoms with van der Waals surface area (Å²) in [5.74, 6) is 0.504. The molecule has 0 bridgehead atoms. The highest BCUT2D eigenvalue weighted by molar-refractivity contribution is 5.81. The number of nitrogens with zero attached hydrogens (tertiary/aromatic N) is 2. The quantitative estimate of drug-likeness (QED) is 0.835. The molecule has 2 unspecified atom stereocenters. The van der Waals surface area contributed by atoms with Crippen molar-refractivity contribution in [2.45, 2.75) is 19.4 Å². The van der Waals surface area contributed by atoms with Gasteiger partial charge in [-0.25, -0.2) is 0 Å². The third kappa shape index (κ3) is 2.97. The minimum Gasteiger partial charge on any atom is -0.399 e. The highest BCUT2D eigenvalue weighted by Gasteiger charge is 2.35. The summed E-state index contributed by atoms with van der Waals surface area (Å²) in [7, 11) is 0. The van der Waals surface area contributed by atoms with E-state index in [0.717, 1.165) is 38.3 Å². The number of nitrogen functional groups attached to an aromatic ring is 1. The molecule has 0 aromatic heterocycles. The van der Waals surface area contributed by atoms with Crippen LogP contribution in [-0.4, -0.2) is 49.7 Å². The van der Waals surface area contributed by atoms with Crippen molar-refractivity contribution in [1.82, 2.24) is 4.90 Å². The zero-order valence-electron chi connectivity index (χ0n) is 12.5. The third-order valence-corrected chi connectivity index (χ3v) is 4.48. The number of piperazine rings is 1.